The lowest BCUT2D eigenvalue weighted by molar-refractivity contribution is 0.0390. The fourth-order valence-electron chi connectivity index (χ4n) is 2.65. The lowest BCUT2D eigenvalue weighted by atomic mass is 10.1. The number of sulfonamides is 1. The molecule has 1 aliphatic rings. The summed E-state index contributed by atoms with van der Waals surface area (Å²) < 4.78 is 38.3. The summed E-state index contributed by atoms with van der Waals surface area (Å²) >= 11 is 0. The van der Waals surface area contributed by atoms with Gasteiger partial charge < -0.3 is 9.47 Å². The molecule has 0 spiro atoms. The highest BCUT2D eigenvalue weighted by Gasteiger charge is 2.22. The molecule has 1 heterocycles. The van der Waals surface area contributed by atoms with Crippen LogP contribution in [-0.4, -0.2) is 59.8 Å². The molecule has 0 aliphatic carbocycles. The van der Waals surface area contributed by atoms with E-state index in [1.807, 2.05) is 13.0 Å². The highest BCUT2D eigenvalue weighted by Crippen LogP contribution is 2.28. The molecule has 0 radical (unpaired) electrons. The van der Waals surface area contributed by atoms with Crippen molar-refractivity contribution in [3.63, 3.8) is 0 Å². The fraction of sp³-hybridized carbons (Fsp3) is 0.600. The van der Waals surface area contributed by atoms with Crippen LogP contribution in [0.4, 0.5) is 0 Å². The van der Waals surface area contributed by atoms with Gasteiger partial charge in [0.25, 0.3) is 0 Å². The molecule has 0 amide bonds. The second-order valence-corrected chi connectivity index (χ2v) is 7.17. The van der Waals surface area contributed by atoms with E-state index in [1.54, 1.807) is 13.0 Å². The highest BCUT2D eigenvalue weighted by molar-refractivity contribution is 7.89. The highest BCUT2D eigenvalue weighted by atomic mass is 32.2. The number of morpholine rings is 1. The number of methoxy groups -OCH3 is 1. The second kappa shape index (κ2) is 7.41. The van der Waals surface area contributed by atoms with E-state index in [1.165, 1.54) is 7.11 Å². The molecule has 0 saturated carbocycles. The summed E-state index contributed by atoms with van der Waals surface area (Å²) in [6.07, 6.45) is 0. The van der Waals surface area contributed by atoms with Crippen LogP contribution >= 0.6 is 0 Å². The smallest absolute Gasteiger partial charge is 0.244 e. The number of hydrogen-bond acceptors (Lipinski definition) is 5. The molecule has 1 aliphatic heterocycles. The van der Waals surface area contributed by atoms with E-state index < -0.39 is 10.0 Å². The van der Waals surface area contributed by atoms with Gasteiger partial charge in [0.15, 0.2) is 0 Å². The van der Waals surface area contributed by atoms with Gasteiger partial charge in [-0.25, -0.2) is 13.1 Å². The maximum absolute atomic E-state index is 12.6. The summed E-state index contributed by atoms with van der Waals surface area (Å²) in [5.74, 6) is 0.386. The van der Waals surface area contributed by atoms with Crippen molar-refractivity contribution in [3.05, 3.63) is 23.3 Å². The summed E-state index contributed by atoms with van der Waals surface area (Å²) in [6.45, 7) is 7.84. The lowest BCUT2D eigenvalue weighted by Gasteiger charge is -2.26. The fourth-order valence-corrected chi connectivity index (χ4v) is 4.04. The Kier molecular flexibility index (Phi) is 5.80. The minimum Gasteiger partial charge on any atom is -0.495 e. The van der Waals surface area contributed by atoms with Crippen LogP contribution in [0, 0.1) is 13.8 Å². The normalized spacial score (nSPS) is 16.7. The Balaban J connectivity index is 2.06. The Morgan fingerprint density at radius 1 is 1.27 bits per heavy atom. The van der Waals surface area contributed by atoms with E-state index in [2.05, 4.69) is 9.62 Å². The van der Waals surface area contributed by atoms with E-state index in [9.17, 15) is 8.42 Å². The van der Waals surface area contributed by atoms with Crippen LogP contribution in [-0.2, 0) is 14.8 Å². The number of nitrogens with one attached hydrogen (secondary N) is 1. The maximum Gasteiger partial charge on any atom is 0.244 e. The van der Waals surface area contributed by atoms with E-state index in [4.69, 9.17) is 9.47 Å². The maximum atomic E-state index is 12.6. The third-order valence-corrected chi connectivity index (χ3v) is 5.34. The molecule has 1 N–H and O–H groups in total. The van der Waals surface area contributed by atoms with Crippen LogP contribution in [0.1, 0.15) is 11.1 Å². The van der Waals surface area contributed by atoms with Crippen molar-refractivity contribution in [1.29, 1.82) is 0 Å². The predicted molar refractivity (Wildman–Crippen MR) is 84.9 cm³/mol. The minimum absolute atomic E-state index is 0.225. The largest absolute Gasteiger partial charge is 0.495 e. The van der Waals surface area contributed by atoms with E-state index in [-0.39, 0.29) is 4.90 Å². The topological polar surface area (TPSA) is 67.9 Å². The van der Waals surface area contributed by atoms with Gasteiger partial charge in [0, 0.05) is 26.2 Å². The molecule has 6 nitrogen and oxygen atoms in total. The molecule has 0 bridgehead atoms. The lowest BCUT2D eigenvalue weighted by Crippen LogP contribution is -2.41. The molecule has 7 heteroatoms. The molecule has 1 aromatic rings. The van der Waals surface area contributed by atoms with Gasteiger partial charge in [-0.2, -0.15) is 0 Å². The average molecular weight is 328 g/mol. The first-order chi connectivity index (χ1) is 10.4. The average Bonchev–Trinajstić information content (AvgIpc) is 2.46. The number of aryl methyl sites for hydroxylation is 2. The van der Waals surface area contributed by atoms with Gasteiger partial charge in [0.05, 0.1) is 20.3 Å². The molecule has 0 unspecified atom stereocenters. The van der Waals surface area contributed by atoms with Gasteiger partial charge in [0.2, 0.25) is 10.0 Å². The molecular formula is C15H24N2O4S. The molecular weight excluding hydrogens is 304 g/mol. The summed E-state index contributed by atoms with van der Waals surface area (Å²) in [5.41, 5.74) is 1.66. The zero-order valence-corrected chi connectivity index (χ0v) is 14.2. The Morgan fingerprint density at radius 2 is 1.95 bits per heavy atom. The van der Waals surface area contributed by atoms with Crippen LogP contribution in [0.25, 0.3) is 0 Å². The van der Waals surface area contributed by atoms with Gasteiger partial charge in [0.1, 0.15) is 10.6 Å². The van der Waals surface area contributed by atoms with Crippen molar-refractivity contribution in [3.8, 4) is 5.75 Å². The Hall–Kier alpha value is -1.15. The van der Waals surface area contributed by atoms with Crippen LogP contribution in [0.15, 0.2) is 17.0 Å². The molecule has 0 atom stereocenters. The van der Waals surface area contributed by atoms with E-state index in [0.29, 0.717) is 37.6 Å². The molecule has 1 fully saturated rings. The van der Waals surface area contributed by atoms with Crippen molar-refractivity contribution in [1.82, 2.24) is 9.62 Å². The molecule has 0 aromatic heterocycles. The van der Waals surface area contributed by atoms with Crippen LogP contribution in [0.3, 0.4) is 0 Å². The molecule has 1 saturated heterocycles. The van der Waals surface area contributed by atoms with Crippen molar-refractivity contribution in [2.75, 3.05) is 46.5 Å². The number of rotatable bonds is 6. The monoisotopic (exact) mass is 328 g/mol. The van der Waals surface area contributed by atoms with Gasteiger partial charge in [-0.05, 0) is 31.0 Å². The summed E-state index contributed by atoms with van der Waals surface area (Å²) in [5, 5.41) is 0. The molecule has 124 valence electrons. The van der Waals surface area contributed by atoms with Crippen molar-refractivity contribution >= 4 is 10.0 Å². The quantitative estimate of drug-likeness (QED) is 0.841. The zero-order valence-electron chi connectivity index (χ0n) is 13.4. The predicted octanol–water partition coefficient (Wildman–Crippen LogP) is 0.923. The summed E-state index contributed by atoms with van der Waals surface area (Å²) in [6, 6.07) is 3.59. The first-order valence-electron chi connectivity index (χ1n) is 7.39. The summed E-state index contributed by atoms with van der Waals surface area (Å²) in [7, 11) is -2.10. The Labute approximate surface area is 132 Å². The molecule has 22 heavy (non-hydrogen) atoms. The van der Waals surface area contributed by atoms with E-state index >= 15 is 0 Å². The van der Waals surface area contributed by atoms with Crippen LogP contribution in [0.5, 0.6) is 5.75 Å². The van der Waals surface area contributed by atoms with Crippen molar-refractivity contribution in [2.45, 2.75) is 18.7 Å². The van der Waals surface area contributed by atoms with Gasteiger partial charge in [-0.15, -0.1) is 0 Å². The number of hydrogen-bond donors (Lipinski definition) is 1. The first kappa shape index (κ1) is 17.2. The van der Waals surface area contributed by atoms with Crippen molar-refractivity contribution < 1.29 is 17.9 Å². The zero-order chi connectivity index (χ0) is 16.2. The second-order valence-electron chi connectivity index (χ2n) is 5.46. The third kappa shape index (κ3) is 4.19. The number of nitrogens with zero attached hydrogens (tertiary/aromatic N) is 1. The van der Waals surface area contributed by atoms with E-state index in [0.717, 1.165) is 18.7 Å². The van der Waals surface area contributed by atoms with Gasteiger partial charge in [-0.3, -0.25) is 4.90 Å². The van der Waals surface area contributed by atoms with Crippen molar-refractivity contribution in [2.24, 2.45) is 0 Å². The molecule has 1 aromatic carbocycles. The van der Waals surface area contributed by atoms with Crippen LogP contribution in [0.2, 0.25) is 0 Å². The number of ether oxygens (including phenoxy) is 2. The standard InChI is InChI=1S/C15H24N2O4S/c1-12-10-13(2)15(14(11-12)20-3)22(18,19)16-4-5-17-6-8-21-9-7-17/h10-11,16H,4-9H2,1-3H3. The van der Waals surface area contributed by atoms with Gasteiger partial charge in [-0.1, -0.05) is 6.07 Å². The number of benzene rings is 1. The van der Waals surface area contributed by atoms with Gasteiger partial charge >= 0.3 is 0 Å². The third-order valence-electron chi connectivity index (χ3n) is 3.70. The van der Waals surface area contributed by atoms with Crippen LogP contribution < -0.4 is 9.46 Å². The minimum atomic E-state index is -3.58. The summed E-state index contributed by atoms with van der Waals surface area (Å²) in [4.78, 5) is 2.41. The first-order valence-corrected chi connectivity index (χ1v) is 8.87. The SMILES string of the molecule is COc1cc(C)cc(C)c1S(=O)(=O)NCCN1CCOCC1. The Morgan fingerprint density at radius 3 is 2.59 bits per heavy atom. The Bertz CT molecular complexity index is 610. The molecule has 2 rings (SSSR count).